The van der Waals surface area contributed by atoms with Gasteiger partial charge in [0, 0.05) is 36.1 Å². The lowest BCUT2D eigenvalue weighted by atomic mass is 10.1. The second-order valence-corrected chi connectivity index (χ2v) is 10.8. The Morgan fingerprint density at radius 1 is 1.13 bits per heavy atom. The Morgan fingerprint density at radius 2 is 1.74 bits per heavy atom. The lowest BCUT2D eigenvalue weighted by Gasteiger charge is -2.33. The second-order valence-electron chi connectivity index (χ2n) is 7.16. The van der Waals surface area contributed by atoms with Crippen molar-refractivity contribution < 1.29 is 22.7 Å². The zero-order valence-corrected chi connectivity index (χ0v) is 19.9. The quantitative estimate of drug-likeness (QED) is 0.632. The van der Waals surface area contributed by atoms with Crippen LogP contribution in [0.3, 0.4) is 0 Å². The molecular weight excluding hydrogens is 462 g/mol. The fraction of sp³-hybridized carbons (Fsp3) is 0.400. The number of nitrogens with one attached hydrogen (secondary N) is 1. The molecule has 31 heavy (non-hydrogen) atoms. The molecule has 1 aliphatic rings. The highest BCUT2D eigenvalue weighted by Crippen LogP contribution is 2.33. The van der Waals surface area contributed by atoms with E-state index in [-0.39, 0.29) is 30.4 Å². The van der Waals surface area contributed by atoms with Crippen LogP contribution in [0.25, 0.3) is 0 Å². The Labute approximate surface area is 190 Å². The van der Waals surface area contributed by atoms with Gasteiger partial charge in [0.2, 0.25) is 15.9 Å². The number of ether oxygens (including phenoxy) is 1. The van der Waals surface area contributed by atoms with Crippen LogP contribution in [0.4, 0.5) is 5.00 Å². The number of hydrogen-bond donors (Lipinski definition) is 1. The van der Waals surface area contributed by atoms with Crippen LogP contribution in [0, 0.1) is 13.8 Å². The summed E-state index contributed by atoms with van der Waals surface area (Å²) in [6.07, 6.45) is 0. The van der Waals surface area contributed by atoms with Crippen molar-refractivity contribution in [1.29, 1.82) is 0 Å². The summed E-state index contributed by atoms with van der Waals surface area (Å²) in [5.41, 5.74) is 1.16. The Balaban J connectivity index is 1.59. The van der Waals surface area contributed by atoms with E-state index in [1.54, 1.807) is 12.1 Å². The maximum Gasteiger partial charge on any atom is 0.341 e. The number of aryl methyl sites for hydroxylation is 1. The third-order valence-electron chi connectivity index (χ3n) is 5.18. The minimum Gasteiger partial charge on any atom is -0.465 e. The molecule has 168 valence electrons. The molecule has 1 aromatic heterocycles. The fourth-order valence-electron chi connectivity index (χ4n) is 3.32. The van der Waals surface area contributed by atoms with Crippen molar-refractivity contribution in [2.45, 2.75) is 18.7 Å². The lowest BCUT2D eigenvalue weighted by Crippen LogP contribution is -2.50. The zero-order chi connectivity index (χ0) is 22.8. The minimum atomic E-state index is -3.60. The van der Waals surface area contributed by atoms with Crippen LogP contribution in [-0.2, 0) is 19.6 Å². The summed E-state index contributed by atoms with van der Waals surface area (Å²) in [6, 6.07) is 6.07. The number of thiophene rings is 1. The van der Waals surface area contributed by atoms with Gasteiger partial charge in [-0.2, -0.15) is 4.31 Å². The second kappa shape index (κ2) is 9.66. The third kappa shape index (κ3) is 5.27. The first-order chi connectivity index (χ1) is 14.6. The molecule has 0 atom stereocenters. The minimum absolute atomic E-state index is 0.103. The van der Waals surface area contributed by atoms with E-state index in [0.29, 0.717) is 28.7 Å². The number of carbonyl (C=O) groups is 2. The standard InChI is InChI=1S/C20H24ClN3O5S2/c1-13-14(2)30-19(18(13)20(26)29-3)22-17(25)12-23-8-10-24(11-9-23)31(27,28)16-6-4-15(21)5-7-16/h4-7H,8-12H2,1-3H3,(H,22,25). The van der Waals surface area contributed by atoms with Crippen LogP contribution < -0.4 is 5.32 Å². The Morgan fingerprint density at radius 3 is 2.32 bits per heavy atom. The Kier molecular flexibility index (Phi) is 7.38. The molecule has 1 amide bonds. The lowest BCUT2D eigenvalue weighted by molar-refractivity contribution is -0.117. The van der Waals surface area contributed by atoms with E-state index < -0.39 is 16.0 Å². The van der Waals surface area contributed by atoms with Crippen LogP contribution in [0.5, 0.6) is 0 Å². The van der Waals surface area contributed by atoms with Gasteiger partial charge in [-0.3, -0.25) is 9.69 Å². The number of carbonyl (C=O) groups excluding carboxylic acids is 2. The molecule has 3 rings (SSSR count). The van der Waals surface area contributed by atoms with Crippen molar-refractivity contribution in [2.75, 3.05) is 45.2 Å². The van der Waals surface area contributed by atoms with Gasteiger partial charge in [-0.05, 0) is 43.7 Å². The molecule has 0 bridgehead atoms. The van der Waals surface area contributed by atoms with Crippen LogP contribution in [0.2, 0.25) is 5.02 Å². The molecule has 1 N–H and O–H groups in total. The van der Waals surface area contributed by atoms with Gasteiger partial charge in [0.25, 0.3) is 0 Å². The number of methoxy groups -OCH3 is 1. The van der Waals surface area contributed by atoms with E-state index in [1.165, 1.54) is 34.9 Å². The Hall–Kier alpha value is -1.98. The SMILES string of the molecule is COC(=O)c1c(NC(=O)CN2CCN(S(=O)(=O)c3ccc(Cl)cc3)CC2)sc(C)c1C. The number of amides is 1. The zero-order valence-electron chi connectivity index (χ0n) is 17.5. The maximum atomic E-state index is 12.8. The van der Waals surface area contributed by atoms with Gasteiger partial charge in [-0.25, -0.2) is 13.2 Å². The molecule has 11 heteroatoms. The van der Waals surface area contributed by atoms with Gasteiger partial charge >= 0.3 is 5.97 Å². The van der Waals surface area contributed by atoms with Crippen LogP contribution in [0.1, 0.15) is 20.8 Å². The molecule has 2 aromatic rings. The number of esters is 1. The molecule has 8 nitrogen and oxygen atoms in total. The third-order valence-corrected chi connectivity index (χ3v) is 8.47. The predicted molar refractivity (Wildman–Crippen MR) is 120 cm³/mol. The first-order valence-electron chi connectivity index (χ1n) is 9.59. The normalized spacial score (nSPS) is 15.6. The highest BCUT2D eigenvalue weighted by Gasteiger charge is 2.29. The number of hydrogen-bond acceptors (Lipinski definition) is 7. The van der Waals surface area contributed by atoms with Gasteiger partial charge < -0.3 is 10.1 Å². The monoisotopic (exact) mass is 485 g/mol. The molecule has 0 radical (unpaired) electrons. The van der Waals surface area contributed by atoms with Crippen LogP contribution in [-0.4, -0.2) is 69.3 Å². The summed E-state index contributed by atoms with van der Waals surface area (Å²) < 4.78 is 31.8. The molecule has 0 saturated carbocycles. The van der Waals surface area contributed by atoms with E-state index in [4.69, 9.17) is 16.3 Å². The molecule has 0 spiro atoms. The molecule has 0 aliphatic carbocycles. The summed E-state index contributed by atoms with van der Waals surface area (Å²) in [5.74, 6) is -0.751. The topological polar surface area (TPSA) is 96.0 Å². The molecular formula is C20H24ClN3O5S2. The van der Waals surface area contributed by atoms with Gasteiger partial charge in [-0.15, -0.1) is 11.3 Å². The summed E-state index contributed by atoms with van der Waals surface area (Å²) >= 11 is 7.17. The number of piperazine rings is 1. The average Bonchev–Trinajstić information content (AvgIpc) is 3.01. The molecule has 2 heterocycles. The predicted octanol–water partition coefficient (Wildman–Crippen LogP) is 2.75. The number of rotatable bonds is 6. The highest BCUT2D eigenvalue weighted by molar-refractivity contribution is 7.89. The van der Waals surface area contributed by atoms with E-state index in [9.17, 15) is 18.0 Å². The van der Waals surface area contributed by atoms with E-state index in [0.717, 1.165) is 10.4 Å². The van der Waals surface area contributed by atoms with Crippen LogP contribution in [0.15, 0.2) is 29.2 Å². The molecule has 1 aliphatic heterocycles. The fourth-order valence-corrected chi connectivity index (χ4v) is 5.93. The van der Waals surface area contributed by atoms with Gasteiger partial charge in [0.05, 0.1) is 24.1 Å². The summed E-state index contributed by atoms with van der Waals surface area (Å²) in [7, 11) is -2.30. The molecule has 1 aromatic carbocycles. The summed E-state index contributed by atoms with van der Waals surface area (Å²) in [5, 5.41) is 3.74. The number of benzene rings is 1. The summed E-state index contributed by atoms with van der Waals surface area (Å²) in [4.78, 5) is 27.6. The molecule has 1 fully saturated rings. The first kappa shape index (κ1) is 23.7. The van der Waals surface area contributed by atoms with Gasteiger partial charge in [0.15, 0.2) is 0 Å². The number of anilines is 1. The number of nitrogens with zero attached hydrogens (tertiary/aromatic N) is 2. The van der Waals surface area contributed by atoms with Crippen molar-refractivity contribution in [3.8, 4) is 0 Å². The number of sulfonamides is 1. The van der Waals surface area contributed by atoms with E-state index in [2.05, 4.69) is 5.32 Å². The van der Waals surface area contributed by atoms with Crippen LogP contribution >= 0.6 is 22.9 Å². The van der Waals surface area contributed by atoms with Crippen molar-refractivity contribution in [3.63, 3.8) is 0 Å². The van der Waals surface area contributed by atoms with Crippen molar-refractivity contribution >= 4 is 49.8 Å². The molecule has 1 saturated heterocycles. The van der Waals surface area contributed by atoms with Gasteiger partial charge in [0.1, 0.15) is 5.00 Å². The van der Waals surface area contributed by atoms with Crippen molar-refractivity contribution in [2.24, 2.45) is 0 Å². The Bertz CT molecular complexity index is 1070. The van der Waals surface area contributed by atoms with Crippen molar-refractivity contribution in [3.05, 3.63) is 45.3 Å². The smallest absolute Gasteiger partial charge is 0.341 e. The molecule has 0 unspecified atom stereocenters. The summed E-state index contributed by atoms with van der Waals surface area (Å²) in [6.45, 7) is 5.20. The van der Waals surface area contributed by atoms with E-state index >= 15 is 0 Å². The first-order valence-corrected chi connectivity index (χ1v) is 12.2. The maximum absolute atomic E-state index is 12.8. The van der Waals surface area contributed by atoms with Gasteiger partial charge in [-0.1, -0.05) is 11.6 Å². The average molecular weight is 486 g/mol. The highest BCUT2D eigenvalue weighted by atomic mass is 35.5. The van der Waals surface area contributed by atoms with E-state index in [1.807, 2.05) is 18.7 Å². The largest absolute Gasteiger partial charge is 0.465 e. The number of halogens is 1. The van der Waals surface area contributed by atoms with Crippen molar-refractivity contribution in [1.82, 2.24) is 9.21 Å².